The van der Waals surface area contributed by atoms with Crippen LogP contribution < -0.4 is 15.5 Å². The van der Waals surface area contributed by atoms with Gasteiger partial charge in [-0.2, -0.15) is 0 Å². The van der Waals surface area contributed by atoms with Crippen LogP contribution in [0.5, 0.6) is 0 Å². The second-order valence-electron chi connectivity index (χ2n) is 5.64. The summed E-state index contributed by atoms with van der Waals surface area (Å²) in [6.07, 6.45) is 2.37. The molecule has 3 heterocycles. The lowest BCUT2D eigenvalue weighted by Gasteiger charge is -2.27. The Morgan fingerprint density at radius 1 is 1.22 bits per heavy atom. The maximum Gasteiger partial charge on any atom is 0.225 e. The highest BCUT2D eigenvalue weighted by molar-refractivity contribution is 5.79. The van der Waals surface area contributed by atoms with Crippen molar-refractivity contribution in [1.82, 2.24) is 15.3 Å². The predicted molar refractivity (Wildman–Crippen MR) is 85.5 cm³/mol. The van der Waals surface area contributed by atoms with Crippen molar-refractivity contribution >= 4 is 17.5 Å². The fourth-order valence-corrected chi connectivity index (χ4v) is 2.67. The molecule has 1 unspecified atom stereocenters. The van der Waals surface area contributed by atoms with Crippen LogP contribution in [0.1, 0.15) is 6.42 Å². The van der Waals surface area contributed by atoms with Crippen LogP contribution in [0.4, 0.5) is 11.6 Å². The van der Waals surface area contributed by atoms with Crippen molar-refractivity contribution in [1.29, 1.82) is 0 Å². The number of carbonyl (C=O) groups excluding carboxylic acids is 1. The summed E-state index contributed by atoms with van der Waals surface area (Å²) in [5.74, 6) is 1.74. The van der Waals surface area contributed by atoms with Gasteiger partial charge in [0.1, 0.15) is 18.0 Å². The zero-order chi connectivity index (χ0) is 15.9. The largest absolute Gasteiger partial charge is 0.381 e. The normalized spacial score (nSPS) is 21.2. The lowest BCUT2D eigenvalue weighted by atomic mass is 10.1. The monoisotopic (exact) mass is 321 g/mol. The van der Waals surface area contributed by atoms with E-state index < -0.39 is 0 Å². The number of anilines is 2. The third-order valence-electron chi connectivity index (χ3n) is 4.02. The molecule has 0 aromatic carbocycles. The molecule has 0 spiro atoms. The van der Waals surface area contributed by atoms with Gasteiger partial charge in [-0.1, -0.05) is 0 Å². The van der Waals surface area contributed by atoms with Crippen LogP contribution in [0, 0.1) is 5.92 Å². The molecule has 3 rings (SSSR count). The summed E-state index contributed by atoms with van der Waals surface area (Å²) >= 11 is 0. The summed E-state index contributed by atoms with van der Waals surface area (Å²) in [5.41, 5.74) is 0. The van der Waals surface area contributed by atoms with E-state index in [1.54, 1.807) is 6.33 Å². The van der Waals surface area contributed by atoms with Crippen molar-refractivity contribution < 1.29 is 14.3 Å². The number of hydrogen-bond acceptors (Lipinski definition) is 7. The van der Waals surface area contributed by atoms with Gasteiger partial charge in [0.15, 0.2) is 0 Å². The van der Waals surface area contributed by atoms with Crippen LogP contribution >= 0.6 is 0 Å². The molecule has 2 aliphatic heterocycles. The van der Waals surface area contributed by atoms with Crippen LogP contribution in [0.15, 0.2) is 12.4 Å². The summed E-state index contributed by atoms with van der Waals surface area (Å²) < 4.78 is 10.6. The molecule has 2 saturated heterocycles. The van der Waals surface area contributed by atoms with E-state index in [1.165, 1.54) is 0 Å². The second-order valence-corrected chi connectivity index (χ2v) is 5.64. The summed E-state index contributed by atoms with van der Waals surface area (Å²) in [6.45, 7) is 5.54. The Morgan fingerprint density at radius 3 is 2.87 bits per heavy atom. The quantitative estimate of drug-likeness (QED) is 0.706. The van der Waals surface area contributed by atoms with E-state index in [2.05, 4.69) is 25.5 Å². The number of aromatic nitrogens is 2. The highest BCUT2D eigenvalue weighted by Crippen LogP contribution is 2.15. The Morgan fingerprint density at radius 2 is 2.09 bits per heavy atom. The highest BCUT2D eigenvalue weighted by Gasteiger charge is 2.22. The third-order valence-corrected chi connectivity index (χ3v) is 4.02. The molecule has 2 fully saturated rings. The first kappa shape index (κ1) is 15.9. The molecule has 0 aliphatic carbocycles. The predicted octanol–water partition coefficient (Wildman–Crippen LogP) is -0.122. The minimum Gasteiger partial charge on any atom is -0.381 e. The standard InChI is InChI=1S/C15H23N5O3/c21-15(12-1-6-23-10-12)17-3-2-16-13-9-14(19-11-18-13)20-4-7-22-8-5-20/h9,11-12H,1-8,10H2,(H,17,21)(H,16,18,19). The van der Waals surface area contributed by atoms with Gasteiger partial charge in [-0.05, 0) is 6.42 Å². The van der Waals surface area contributed by atoms with Gasteiger partial charge >= 0.3 is 0 Å². The molecule has 1 aromatic heterocycles. The molecule has 23 heavy (non-hydrogen) atoms. The van der Waals surface area contributed by atoms with Gasteiger partial charge in [-0.15, -0.1) is 0 Å². The van der Waals surface area contributed by atoms with Crippen LogP contribution in [0.3, 0.4) is 0 Å². The van der Waals surface area contributed by atoms with E-state index in [-0.39, 0.29) is 11.8 Å². The number of carbonyl (C=O) groups is 1. The minimum absolute atomic E-state index is 0.00183. The number of hydrogen-bond donors (Lipinski definition) is 2. The van der Waals surface area contributed by atoms with E-state index in [0.29, 0.717) is 26.3 Å². The van der Waals surface area contributed by atoms with Crippen molar-refractivity contribution in [2.45, 2.75) is 6.42 Å². The molecule has 0 bridgehead atoms. The SMILES string of the molecule is O=C(NCCNc1cc(N2CCOCC2)ncn1)C1CCOC1. The zero-order valence-electron chi connectivity index (χ0n) is 13.2. The Hall–Kier alpha value is -1.93. The van der Waals surface area contributed by atoms with E-state index in [0.717, 1.165) is 44.4 Å². The van der Waals surface area contributed by atoms with Gasteiger partial charge in [-0.3, -0.25) is 4.79 Å². The maximum absolute atomic E-state index is 11.9. The molecule has 0 saturated carbocycles. The summed E-state index contributed by atoms with van der Waals surface area (Å²) in [4.78, 5) is 22.6. The Kier molecular flexibility index (Phi) is 5.60. The van der Waals surface area contributed by atoms with Crippen LogP contribution in [-0.2, 0) is 14.3 Å². The van der Waals surface area contributed by atoms with E-state index in [4.69, 9.17) is 9.47 Å². The molecular formula is C15H23N5O3. The first-order valence-electron chi connectivity index (χ1n) is 8.07. The van der Waals surface area contributed by atoms with E-state index >= 15 is 0 Å². The van der Waals surface area contributed by atoms with Gasteiger partial charge < -0.3 is 25.0 Å². The average molecular weight is 321 g/mol. The zero-order valence-corrected chi connectivity index (χ0v) is 13.2. The molecule has 8 nitrogen and oxygen atoms in total. The number of ether oxygens (including phenoxy) is 2. The lowest BCUT2D eigenvalue weighted by Crippen LogP contribution is -2.37. The fraction of sp³-hybridized carbons (Fsp3) is 0.667. The van der Waals surface area contributed by atoms with Gasteiger partial charge in [-0.25, -0.2) is 9.97 Å². The summed E-state index contributed by atoms with van der Waals surface area (Å²) in [6, 6.07) is 1.93. The fourth-order valence-electron chi connectivity index (χ4n) is 2.67. The van der Waals surface area contributed by atoms with E-state index in [9.17, 15) is 4.79 Å². The molecule has 1 atom stereocenters. The van der Waals surface area contributed by atoms with Crippen LogP contribution in [0.2, 0.25) is 0 Å². The van der Waals surface area contributed by atoms with Crippen molar-refractivity contribution in [2.24, 2.45) is 5.92 Å². The van der Waals surface area contributed by atoms with Crippen molar-refractivity contribution in [2.75, 3.05) is 62.8 Å². The molecule has 0 radical (unpaired) electrons. The number of nitrogens with zero attached hydrogens (tertiary/aromatic N) is 3. The van der Waals surface area contributed by atoms with Crippen LogP contribution in [-0.4, -0.2) is 68.5 Å². The van der Waals surface area contributed by atoms with Crippen LogP contribution in [0.25, 0.3) is 0 Å². The first-order chi connectivity index (χ1) is 11.3. The third kappa shape index (κ3) is 4.52. The molecule has 2 N–H and O–H groups in total. The molecule has 1 aromatic rings. The molecule has 1 amide bonds. The van der Waals surface area contributed by atoms with Gasteiger partial charge in [0.05, 0.1) is 25.7 Å². The van der Waals surface area contributed by atoms with Gasteiger partial charge in [0, 0.05) is 38.9 Å². The Bertz CT molecular complexity index is 516. The molecule has 8 heteroatoms. The van der Waals surface area contributed by atoms with E-state index in [1.807, 2.05) is 6.07 Å². The first-order valence-corrected chi connectivity index (χ1v) is 8.07. The van der Waals surface area contributed by atoms with Crippen molar-refractivity contribution in [3.63, 3.8) is 0 Å². The maximum atomic E-state index is 11.9. The summed E-state index contributed by atoms with van der Waals surface area (Å²) in [5, 5.41) is 6.14. The number of nitrogens with one attached hydrogen (secondary N) is 2. The molecular weight excluding hydrogens is 298 g/mol. The Balaban J connectivity index is 1.42. The number of morpholine rings is 1. The summed E-state index contributed by atoms with van der Waals surface area (Å²) in [7, 11) is 0. The minimum atomic E-state index is 0.00183. The number of rotatable bonds is 6. The van der Waals surface area contributed by atoms with Gasteiger partial charge in [0.25, 0.3) is 0 Å². The molecule has 2 aliphatic rings. The highest BCUT2D eigenvalue weighted by atomic mass is 16.5. The van der Waals surface area contributed by atoms with Gasteiger partial charge in [0.2, 0.25) is 5.91 Å². The van der Waals surface area contributed by atoms with Crippen molar-refractivity contribution in [3.05, 3.63) is 12.4 Å². The lowest BCUT2D eigenvalue weighted by molar-refractivity contribution is -0.124. The average Bonchev–Trinajstić information content (AvgIpc) is 3.14. The molecule has 126 valence electrons. The van der Waals surface area contributed by atoms with Crippen molar-refractivity contribution in [3.8, 4) is 0 Å². The smallest absolute Gasteiger partial charge is 0.225 e. The number of amides is 1. The Labute approximate surface area is 135 Å². The topological polar surface area (TPSA) is 88.6 Å². The second kappa shape index (κ2) is 8.07.